The minimum atomic E-state index is -0.184. The van der Waals surface area contributed by atoms with Crippen molar-refractivity contribution in [1.82, 2.24) is 4.57 Å². The van der Waals surface area contributed by atoms with Crippen molar-refractivity contribution in [2.75, 3.05) is 9.80 Å². The van der Waals surface area contributed by atoms with E-state index in [4.69, 9.17) is 0 Å². The molecule has 0 unspecified atom stereocenters. The molecule has 3 heteroatoms. The number of fused-ring (bicyclic) bond motifs is 7. The summed E-state index contributed by atoms with van der Waals surface area (Å²) in [6.07, 6.45) is 0. The van der Waals surface area contributed by atoms with Crippen LogP contribution in [0, 0.1) is 0 Å². The van der Waals surface area contributed by atoms with Crippen molar-refractivity contribution in [3.05, 3.63) is 175 Å². The summed E-state index contributed by atoms with van der Waals surface area (Å²) in [6, 6.07) is 59.9. The van der Waals surface area contributed by atoms with Gasteiger partial charge in [0.15, 0.2) is 0 Å². The first kappa shape index (κ1) is 27.1. The second-order valence-electron chi connectivity index (χ2n) is 13.4. The molecule has 0 atom stereocenters. The molecule has 0 amide bonds. The van der Waals surface area contributed by atoms with Gasteiger partial charge in [0.2, 0.25) is 0 Å². The molecule has 0 N–H and O–H groups in total. The lowest BCUT2D eigenvalue weighted by Gasteiger charge is -2.42. The standard InChI is InChI=1S/C45H33N3/c1-45(2)36-20-10-12-22-39(36)46(32-15-5-3-6-16-32)40-26-25-30(28-37(40)45)31-27-35-34-19-9-11-21-38(34)48-42-24-14-13-23-41(42)47(43(29-31)44(35)48)33-17-7-4-8-18-33/h3-29H,1-2H3. The molecule has 0 bridgehead atoms. The van der Waals surface area contributed by atoms with Gasteiger partial charge >= 0.3 is 0 Å². The molecule has 1 aromatic heterocycles. The molecule has 0 radical (unpaired) electrons. The summed E-state index contributed by atoms with van der Waals surface area (Å²) in [5.41, 5.74) is 15.7. The van der Waals surface area contributed by atoms with Gasteiger partial charge in [0.05, 0.1) is 39.5 Å². The third-order valence-corrected chi connectivity index (χ3v) is 10.4. The van der Waals surface area contributed by atoms with Crippen LogP contribution in [-0.4, -0.2) is 4.57 Å². The summed E-state index contributed by atoms with van der Waals surface area (Å²) in [7, 11) is 0. The van der Waals surface area contributed by atoms with Crippen LogP contribution in [0.2, 0.25) is 0 Å². The van der Waals surface area contributed by atoms with E-state index in [1.165, 1.54) is 78.2 Å². The Kier molecular flexibility index (Phi) is 5.63. The summed E-state index contributed by atoms with van der Waals surface area (Å²) < 4.78 is 2.46. The van der Waals surface area contributed by atoms with Gasteiger partial charge in [-0.2, -0.15) is 0 Å². The molecule has 2 aliphatic rings. The Labute approximate surface area is 280 Å². The van der Waals surface area contributed by atoms with Gasteiger partial charge in [-0.15, -0.1) is 0 Å². The summed E-state index contributed by atoms with van der Waals surface area (Å²) in [6.45, 7) is 4.73. The zero-order chi connectivity index (χ0) is 32.0. The fourth-order valence-electron chi connectivity index (χ4n) is 8.23. The fraction of sp³-hybridized carbons (Fsp3) is 0.0667. The zero-order valence-electron chi connectivity index (χ0n) is 26.9. The SMILES string of the molecule is CC1(C)c2ccccc2N(c2ccccc2)c2ccc(-c3cc4c5c(c3)c3ccccc3n5-c3ccccc3N4c3ccccc3)cc21. The van der Waals surface area contributed by atoms with E-state index in [9.17, 15) is 0 Å². The highest BCUT2D eigenvalue weighted by Gasteiger charge is 2.37. The van der Waals surface area contributed by atoms with E-state index >= 15 is 0 Å². The quantitative estimate of drug-likeness (QED) is 0.196. The van der Waals surface area contributed by atoms with E-state index in [2.05, 4.69) is 192 Å². The van der Waals surface area contributed by atoms with Crippen LogP contribution in [0.3, 0.4) is 0 Å². The molecule has 0 saturated carbocycles. The maximum atomic E-state index is 2.46. The largest absolute Gasteiger partial charge is 0.310 e. The number of rotatable bonds is 3. The van der Waals surface area contributed by atoms with Crippen LogP contribution in [0.4, 0.5) is 34.1 Å². The van der Waals surface area contributed by atoms with Crippen LogP contribution in [0.5, 0.6) is 0 Å². The lowest BCUT2D eigenvalue weighted by Crippen LogP contribution is -2.30. The number of hydrogen-bond acceptors (Lipinski definition) is 2. The normalized spacial score (nSPS) is 14.1. The third-order valence-electron chi connectivity index (χ3n) is 10.4. The van der Waals surface area contributed by atoms with Crippen LogP contribution >= 0.6 is 0 Å². The predicted octanol–water partition coefficient (Wildman–Crippen LogP) is 12.3. The van der Waals surface area contributed by atoms with Crippen molar-refractivity contribution in [2.45, 2.75) is 19.3 Å². The maximum absolute atomic E-state index is 2.46. The highest BCUT2D eigenvalue weighted by Crippen LogP contribution is 2.54. The van der Waals surface area contributed by atoms with E-state index in [0.717, 1.165) is 5.69 Å². The molecule has 0 saturated heterocycles. The Morgan fingerprint density at radius 3 is 1.73 bits per heavy atom. The van der Waals surface area contributed by atoms with E-state index in [0.29, 0.717) is 0 Å². The predicted molar refractivity (Wildman–Crippen MR) is 201 cm³/mol. The highest BCUT2D eigenvalue weighted by atomic mass is 15.2. The van der Waals surface area contributed by atoms with Crippen molar-refractivity contribution >= 4 is 55.9 Å². The molecule has 0 spiro atoms. The number of anilines is 6. The molecular weight excluding hydrogens is 583 g/mol. The van der Waals surface area contributed by atoms with Crippen LogP contribution in [0.25, 0.3) is 38.6 Å². The number of aromatic nitrogens is 1. The summed E-state index contributed by atoms with van der Waals surface area (Å²) >= 11 is 0. The van der Waals surface area contributed by atoms with E-state index in [1.54, 1.807) is 0 Å². The van der Waals surface area contributed by atoms with Crippen LogP contribution in [0.15, 0.2) is 164 Å². The molecule has 0 fully saturated rings. The Bertz CT molecular complexity index is 2540. The minimum absolute atomic E-state index is 0.184. The molecule has 2 aliphatic heterocycles. The van der Waals surface area contributed by atoms with Crippen LogP contribution < -0.4 is 9.80 Å². The second-order valence-corrected chi connectivity index (χ2v) is 13.4. The number of para-hydroxylation sites is 6. The van der Waals surface area contributed by atoms with Crippen molar-refractivity contribution in [1.29, 1.82) is 0 Å². The third kappa shape index (κ3) is 3.70. The van der Waals surface area contributed by atoms with Gasteiger partial charge in [0.1, 0.15) is 0 Å². The van der Waals surface area contributed by atoms with Gasteiger partial charge in [0, 0.05) is 27.6 Å². The molecule has 10 rings (SSSR count). The monoisotopic (exact) mass is 615 g/mol. The molecule has 8 aromatic rings. The Balaban J connectivity index is 1.25. The average molecular weight is 616 g/mol. The van der Waals surface area contributed by atoms with E-state index in [1.807, 2.05) is 0 Å². The Hall–Kier alpha value is -6.06. The lowest BCUT2D eigenvalue weighted by atomic mass is 9.73. The molecule has 7 aromatic carbocycles. The van der Waals surface area contributed by atoms with Gasteiger partial charge in [-0.05, 0) is 95.1 Å². The number of benzene rings is 7. The van der Waals surface area contributed by atoms with E-state index < -0.39 is 0 Å². The Morgan fingerprint density at radius 2 is 0.979 bits per heavy atom. The Morgan fingerprint density at radius 1 is 0.396 bits per heavy atom. The second kappa shape index (κ2) is 9.97. The first-order valence-corrected chi connectivity index (χ1v) is 16.7. The fourth-order valence-corrected chi connectivity index (χ4v) is 8.23. The molecule has 0 aliphatic carbocycles. The highest BCUT2D eigenvalue weighted by molar-refractivity contribution is 6.18. The lowest BCUT2D eigenvalue weighted by molar-refractivity contribution is 0.632. The molecular formula is C45H33N3. The van der Waals surface area contributed by atoms with Gasteiger partial charge < -0.3 is 14.4 Å². The van der Waals surface area contributed by atoms with Gasteiger partial charge in [-0.3, -0.25) is 0 Å². The number of nitrogens with zero attached hydrogens (tertiary/aromatic N) is 3. The first-order valence-electron chi connectivity index (χ1n) is 16.7. The average Bonchev–Trinajstić information content (AvgIpc) is 3.48. The molecule has 3 nitrogen and oxygen atoms in total. The molecule has 228 valence electrons. The van der Waals surface area contributed by atoms with Crippen LogP contribution in [-0.2, 0) is 5.41 Å². The van der Waals surface area contributed by atoms with Crippen molar-refractivity contribution in [2.24, 2.45) is 0 Å². The van der Waals surface area contributed by atoms with Crippen molar-refractivity contribution in [3.63, 3.8) is 0 Å². The van der Waals surface area contributed by atoms with Crippen LogP contribution in [0.1, 0.15) is 25.0 Å². The summed E-state index contributed by atoms with van der Waals surface area (Å²) in [5, 5.41) is 2.53. The smallest absolute Gasteiger partial charge is 0.0783 e. The first-order chi connectivity index (χ1) is 23.6. The minimum Gasteiger partial charge on any atom is -0.310 e. The van der Waals surface area contributed by atoms with E-state index in [-0.39, 0.29) is 5.41 Å². The van der Waals surface area contributed by atoms with Gasteiger partial charge in [-0.1, -0.05) is 105 Å². The zero-order valence-corrected chi connectivity index (χ0v) is 26.9. The molecule has 3 heterocycles. The van der Waals surface area contributed by atoms with Crippen molar-refractivity contribution < 1.29 is 0 Å². The summed E-state index contributed by atoms with van der Waals surface area (Å²) in [4.78, 5) is 4.87. The topological polar surface area (TPSA) is 11.4 Å². The maximum Gasteiger partial charge on any atom is 0.0783 e. The number of hydrogen-bond donors (Lipinski definition) is 0. The van der Waals surface area contributed by atoms with Gasteiger partial charge in [0.25, 0.3) is 0 Å². The van der Waals surface area contributed by atoms with Gasteiger partial charge in [-0.25, -0.2) is 0 Å². The van der Waals surface area contributed by atoms with Crippen molar-refractivity contribution in [3.8, 4) is 16.8 Å². The summed E-state index contributed by atoms with van der Waals surface area (Å²) in [5.74, 6) is 0. The molecule has 48 heavy (non-hydrogen) atoms.